The molecule has 2 unspecified atom stereocenters. The molecule has 2 atom stereocenters. The van der Waals surface area contributed by atoms with Gasteiger partial charge in [-0.1, -0.05) is 18.2 Å². The SMILES string of the molecule is COC(=O)C1CNC(=O)CC1c1ccccc1F. The Morgan fingerprint density at radius 1 is 1.44 bits per heavy atom. The second-order valence-electron chi connectivity index (χ2n) is 4.27. The third-order valence-electron chi connectivity index (χ3n) is 3.22. The summed E-state index contributed by atoms with van der Waals surface area (Å²) in [5.74, 6) is -2.00. The first-order valence-corrected chi connectivity index (χ1v) is 5.72. The van der Waals surface area contributed by atoms with Crippen LogP contribution in [0, 0.1) is 11.7 Å². The molecule has 96 valence electrons. The zero-order valence-electron chi connectivity index (χ0n) is 9.98. The van der Waals surface area contributed by atoms with Crippen LogP contribution in [0.25, 0.3) is 0 Å². The van der Waals surface area contributed by atoms with Crippen molar-refractivity contribution in [2.75, 3.05) is 13.7 Å². The van der Waals surface area contributed by atoms with E-state index in [2.05, 4.69) is 5.32 Å². The fourth-order valence-corrected chi connectivity index (χ4v) is 2.28. The van der Waals surface area contributed by atoms with Crippen LogP contribution in [0.2, 0.25) is 0 Å². The van der Waals surface area contributed by atoms with Gasteiger partial charge in [0.05, 0.1) is 13.0 Å². The first-order chi connectivity index (χ1) is 8.63. The number of ether oxygens (including phenoxy) is 1. The van der Waals surface area contributed by atoms with Crippen LogP contribution >= 0.6 is 0 Å². The van der Waals surface area contributed by atoms with E-state index >= 15 is 0 Å². The Kier molecular flexibility index (Phi) is 3.60. The Morgan fingerprint density at radius 3 is 2.83 bits per heavy atom. The Hall–Kier alpha value is -1.91. The number of carbonyl (C=O) groups is 2. The standard InChI is InChI=1S/C13H14FNO3/c1-18-13(17)10-7-15-12(16)6-9(10)8-4-2-3-5-11(8)14/h2-5,9-10H,6-7H2,1H3,(H,15,16). The van der Waals surface area contributed by atoms with Crippen molar-refractivity contribution in [3.05, 3.63) is 35.6 Å². The van der Waals surface area contributed by atoms with Crippen LogP contribution in [0.15, 0.2) is 24.3 Å². The first-order valence-electron chi connectivity index (χ1n) is 5.72. The van der Waals surface area contributed by atoms with Crippen LogP contribution < -0.4 is 5.32 Å². The number of carbonyl (C=O) groups excluding carboxylic acids is 2. The third kappa shape index (κ3) is 2.34. The molecule has 1 aliphatic heterocycles. The van der Waals surface area contributed by atoms with Crippen LogP contribution in [-0.2, 0) is 14.3 Å². The third-order valence-corrected chi connectivity index (χ3v) is 3.22. The minimum Gasteiger partial charge on any atom is -0.469 e. The number of halogens is 1. The lowest BCUT2D eigenvalue weighted by molar-refractivity contribution is -0.147. The van der Waals surface area contributed by atoms with Crippen molar-refractivity contribution in [3.63, 3.8) is 0 Å². The largest absolute Gasteiger partial charge is 0.469 e. The van der Waals surface area contributed by atoms with Crippen molar-refractivity contribution >= 4 is 11.9 Å². The van der Waals surface area contributed by atoms with Crippen molar-refractivity contribution in [2.24, 2.45) is 5.92 Å². The lowest BCUT2D eigenvalue weighted by atomic mass is 9.80. The number of nitrogens with one attached hydrogen (secondary N) is 1. The van der Waals surface area contributed by atoms with Crippen molar-refractivity contribution in [1.29, 1.82) is 0 Å². The van der Waals surface area contributed by atoms with Crippen molar-refractivity contribution < 1.29 is 18.7 Å². The van der Waals surface area contributed by atoms with Crippen LogP contribution in [0.4, 0.5) is 4.39 Å². The molecule has 0 radical (unpaired) electrons. The molecule has 1 saturated heterocycles. The summed E-state index contributed by atoms with van der Waals surface area (Å²) < 4.78 is 18.5. The highest BCUT2D eigenvalue weighted by Gasteiger charge is 2.37. The van der Waals surface area contributed by atoms with Gasteiger partial charge in [0, 0.05) is 18.9 Å². The van der Waals surface area contributed by atoms with Gasteiger partial charge in [-0.2, -0.15) is 0 Å². The van der Waals surface area contributed by atoms with Crippen LogP contribution in [0.1, 0.15) is 17.9 Å². The highest BCUT2D eigenvalue weighted by atomic mass is 19.1. The Balaban J connectivity index is 2.34. The average molecular weight is 251 g/mol. The maximum atomic E-state index is 13.8. The summed E-state index contributed by atoms with van der Waals surface area (Å²) in [6.07, 6.45) is 0.0979. The average Bonchev–Trinajstić information content (AvgIpc) is 2.38. The van der Waals surface area contributed by atoms with Gasteiger partial charge in [0.1, 0.15) is 5.82 Å². The molecule has 0 aromatic heterocycles. The number of hydrogen-bond acceptors (Lipinski definition) is 3. The van der Waals surface area contributed by atoms with Crippen LogP contribution in [-0.4, -0.2) is 25.5 Å². The molecule has 0 aliphatic carbocycles. The zero-order valence-corrected chi connectivity index (χ0v) is 9.98. The van der Waals surface area contributed by atoms with Gasteiger partial charge in [-0.15, -0.1) is 0 Å². The molecule has 18 heavy (non-hydrogen) atoms. The second-order valence-corrected chi connectivity index (χ2v) is 4.27. The lowest BCUT2D eigenvalue weighted by Gasteiger charge is -2.30. The van der Waals surface area contributed by atoms with E-state index < -0.39 is 23.6 Å². The maximum Gasteiger partial charge on any atom is 0.311 e. The number of amides is 1. The fourth-order valence-electron chi connectivity index (χ4n) is 2.28. The molecule has 2 rings (SSSR count). The van der Waals surface area contributed by atoms with Crippen LogP contribution in [0.3, 0.4) is 0 Å². The summed E-state index contributed by atoms with van der Waals surface area (Å²) in [6.45, 7) is 0.185. The molecule has 0 saturated carbocycles. The number of rotatable bonds is 2. The highest BCUT2D eigenvalue weighted by molar-refractivity contribution is 5.83. The summed E-state index contributed by atoms with van der Waals surface area (Å²) in [7, 11) is 1.29. The first kappa shape index (κ1) is 12.5. The summed E-state index contributed by atoms with van der Waals surface area (Å²) in [4.78, 5) is 23.1. The number of hydrogen-bond donors (Lipinski definition) is 1. The van der Waals surface area contributed by atoms with E-state index in [9.17, 15) is 14.0 Å². The molecule has 0 spiro atoms. The van der Waals surface area contributed by atoms with Gasteiger partial charge in [0.15, 0.2) is 0 Å². The van der Waals surface area contributed by atoms with Crippen molar-refractivity contribution in [2.45, 2.75) is 12.3 Å². The minimum atomic E-state index is -0.537. The summed E-state index contributed by atoms with van der Waals surface area (Å²) in [5.41, 5.74) is 0.391. The number of esters is 1. The second kappa shape index (κ2) is 5.16. The molecular weight excluding hydrogens is 237 g/mol. The molecule has 0 bridgehead atoms. The Labute approximate surface area is 104 Å². The van der Waals surface area contributed by atoms with Crippen molar-refractivity contribution in [3.8, 4) is 0 Å². The van der Waals surface area contributed by atoms with Gasteiger partial charge in [-0.05, 0) is 11.6 Å². The molecule has 1 fully saturated rings. The monoisotopic (exact) mass is 251 g/mol. The quantitative estimate of drug-likeness (QED) is 0.804. The van der Waals surface area contributed by atoms with Gasteiger partial charge in [-0.25, -0.2) is 4.39 Å². The number of methoxy groups -OCH3 is 1. The van der Waals surface area contributed by atoms with Crippen LogP contribution in [0.5, 0.6) is 0 Å². The van der Waals surface area contributed by atoms with Crippen molar-refractivity contribution in [1.82, 2.24) is 5.32 Å². The molecular formula is C13H14FNO3. The van der Waals surface area contributed by atoms with Gasteiger partial charge < -0.3 is 10.1 Å². The van der Waals surface area contributed by atoms with Gasteiger partial charge >= 0.3 is 5.97 Å². The highest BCUT2D eigenvalue weighted by Crippen LogP contribution is 2.32. The minimum absolute atomic E-state index is 0.0979. The lowest BCUT2D eigenvalue weighted by Crippen LogP contribution is -2.43. The Bertz CT molecular complexity index is 475. The molecule has 1 aromatic carbocycles. The Morgan fingerprint density at radius 2 is 2.17 bits per heavy atom. The molecule has 4 nitrogen and oxygen atoms in total. The van der Waals surface area contributed by atoms with E-state index in [1.807, 2.05) is 0 Å². The maximum absolute atomic E-state index is 13.8. The zero-order chi connectivity index (χ0) is 13.1. The summed E-state index contributed by atoms with van der Waals surface area (Å²) >= 11 is 0. The molecule has 1 aromatic rings. The summed E-state index contributed by atoms with van der Waals surface area (Å²) in [5, 5.41) is 2.60. The van der Waals surface area contributed by atoms with E-state index in [-0.39, 0.29) is 18.9 Å². The van der Waals surface area contributed by atoms with Gasteiger partial charge in [-0.3, -0.25) is 9.59 Å². The van der Waals surface area contributed by atoms with E-state index in [4.69, 9.17) is 4.74 Å². The molecule has 1 heterocycles. The topological polar surface area (TPSA) is 55.4 Å². The van der Waals surface area contributed by atoms with E-state index in [1.165, 1.54) is 13.2 Å². The predicted molar refractivity (Wildman–Crippen MR) is 62.3 cm³/mol. The molecule has 1 amide bonds. The molecule has 1 N–H and O–H groups in total. The summed E-state index contributed by atoms with van der Waals surface area (Å²) in [6, 6.07) is 6.21. The fraction of sp³-hybridized carbons (Fsp3) is 0.385. The molecule has 1 aliphatic rings. The van der Waals surface area contributed by atoms with Gasteiger partial charge in [0.25, 0.3) is 0 Å². The normalized spacial score (nSPS) is 23.3. The predicted octanol–water partition coefficient (Wildman–Crippen LogP) is 1.22. The van der Waals surface area contributed by atoms with E-state index in [1.54, 1.807) is 18.2 Å². The van der Waals surface area contributed by atoms with Gasteiger partial charge in [0.2, 0.25) is 5.91 Å². The number of piperidine rings is 1. The van der Waals surface area contributed by atoms with E-state index in [0.29, 0.717) is 5.56 Å². The number of benzene rings is 1. The van der Waals surface area contributed by atoms with E-state index in [0.717, 1.165) is 0 Å². The molecule has 5 heteroatoms. The smallest absolute Gasteiger partial charge is 0.311 e.